The molecule has 0 aliphatic heterocycles. The van der Waals surface area contributed by atoms with E-state index in [1.54, 1.807) is 12.1 Å². The zero-order chi connectivity index (χ0) is 13.1. The molecule has 0 aliphatic rings. The number of halogens is 3. The van der Waals surface area contributed by atoms with Gasteiger partial charge in [-0.25, -0.2) is 8.78 Å². The van der Waals surface area contributed by atoms with Crippen molar-refractivity contribution in [3.63, 3.8) is 0 Å². The van der Waals surface area contributed by atoms with Crippen LogP contribution >= 0.6 is 15.9 Å². The van der Waals surface area contributed by atoms with Crippen LogP contribution in [0.25, 0.3) is 0 Å². The summed E-state index contributed by atoms with van der Waals surface area (Å²) in [6, 6.07) is 7.12. The highest BCUT2D eigenvalue weighted by Crippen LogP contribution is 2.25. The Morgan fingerprint density at radius 1 is 1.11 bits per heavy atom. The minimum atomic E-state index is -2.61. The van der Waals surface area contributed by atoms with E-state index >= 15 is 0 Å². The Balaban J connectivity index is 2.42. The topological polar surface area (TPSA) is 30.0 Å². The predicted octanol–water partition coefficient (Wildman–Crippen LogP) is 4.01. The summed E-state index contributed by atoms with van der Waals surface area (Å²) in [6.07, 6.45) is 0.366. The lowest BCUT2D eigenvalue weighted by Crippen LogP contribution is -2.02. The number of aromatic nitrogens is 1. The van der Waals surface area contributed by atoms with Crippen LogP contribution in [0.15, 0.2) is 47.2 Å². The maximum atomic E-state index is 12.7. The van der Waals surface area contributed by atoms with E-state index in [1.165, 1.54) is 30.6 Å². The number of rotatable bonds is 3. The fourth-order valence-corrected chi connectivity index (χ4v) is 2.05. The van der Waals surface area contributed by atoms with Gasteiger partial charge < -0.3 is 0 Å². The van der Waals surface area contributed by atoms with Crippen LogP contribution in [0.1, 0.15) is 27.9 Å². The molecular formula is C13H8BrF2NO. The summed E-state index contributed by atoms with van der Waals surface area (Å²) in [5, 5.41) is 0. The molecule has 1 aromatic heterocycles. The van der Waals surface area contributed by atoms with Crippen LogP contribution in [0.4, 0.5) is 8.78 Å². The van der Waals surface area contributed by atoms with Crippen molar-refractivity contribution < 1.29 is 13.6 Å². The lowest BCUT2D eigenvalue weighted by Gasteiger charge is -2.05. The summed E-state index contributed by atoms with van der Waals surface area (Å²) in [4.78, 5) is 15.9. The molecule has 92 valence electrons. The number of benzene rings is 1. The number of hydrogen-bond donors (Lipinski definition) is 0. The molecule has 0 atom stereocenters. The molecule has 0 aliphatic carbocycles. The van der Waals surface area contributed by atoms with Gasteiger partial charge in [0.2, 0.25) is 0 Å². The largest absolute Gasteiger partial charge is 0.289 e. The number of alkyl halides is 2. The summed E-state index contributed by atoms with van der Waals surface area (Å²) in [5.41, 5.74) is 0.468. The molecule has 0 unspecified atom stereocenters. The normalized spacial score (nSPS) is 10.7. The highest BCUT2D eigenvalue weighted by atomic mass is 79.9. The van der Waals surface area contributed by atoms with Crippen LogP contribution in [0.5, 0.6) is 0 Å². The van der Waals surface area contributed by atoms with Crippen LogP contribution < -0.4 is 0 Å². The lowest BCUT2D eigenvalue weighted by molar-refractivity contribution is 0.103. The summed E-state index contributed by atoms with van der Waals surface area (Å²) in [7, 11) is 0. The Kier molecular flexibility index (Phi) is 3.81. The SMILES string of the molecule is O=C(c1ccncc1)c1cc(Br)cc(C(F)F)c1. The van der Waals surface area contributed by atoms with Crippen molar-refractivity contribution in [3.05, 3.63) is 63.9 Å². The Bertz CT molecular complexity index is 572. The molecular weight excluding hydrogens is 304 g/mol. The van der Waals surface area contributed by atoms with Crippen LogP contribution in [0, 0.1) is 0 Å². The Morgan fingerprint density at radius 3 is 2.39 bits per heavy atom. The van der Waals surface area contributed by atoms with Crippen LogP contribution in [0.2, 0.25) is 0 Å². The molecule has 0 bridgehead atoms. The van der Waals surface area contributed by atoms with Gasteiger partial charge in [0.1, 0.15) is 0 Å². The van der Waals surface area contributed by atoms with Gasteiger partial charge in [0.15, 0.2) is 5.78 Å². The third-order valence-electron chi connectivity index (χ3n) is 2.38. The van der Waals surface area contributed by atoms with Crippen molar-refractivity contribution in [2.75, 3.05) is 0 Å². The number of pyridine rings is 1. The van der Waals surface area contributed by atoms with E-state index in [1.807, 2.05) is 0 Å². The van der Waals surface area contributed by atoms with Gasteiger partial charge in [-0.2, -0.15) is 0 Å². The first kappa shape index (κ1) is 12.8. The maximum absolute atomic E-state index is 12.7. The van der Waals surface area contributed by atoms with Crippen molar-refractivity contribution in [2.24, 2.45) is 0 Å². The zero-order valence-electron chi connectivity index (χ0n) is 9.11. The second-order valence-electron chi connectivity index (χ2n) is 3.64. The molecule has 0 fully saturated rings. The fraction of sp³-hybridized carbons (Fsp3) is 0.0769. The molecule has 1 heterocycles. The molecule has 5 heteroatoms. The average Bonchev–Trinajstić information content (AvgIpc) is 2.38. The van der Waals surface area contributed by atoms with E-state index in [0.29, 0.717) is 10.0 Å². The molecule has 2 aromatic rings. The molecule has 0 amide bonds. The number of nitrogens with zero attached hydrogens (tertiary/aromatic N) is 1. The molecule has 0 spiro atoms. The van der Waals surface area contributed by atoms with Gasteiger partial charge in [0.05, 0.1) is 0 Å². The fourth-order valence-electron chi connectivity index (χ4n) is 1.54. The highest BCUT2D eigenvalue weighted by Gasteiger charge is 2.14. The first-order valence-corrected chi connectivity index (χ1v) is 5.90. The third kappa shape index (κ3) is 2.79. The number of ketones is 1. The van der Waals surface area contributed by atoms with Gasteiger partial charge in [-0.05, 0) is 30.3 Å². The van der Waals surface area contributed by atoms with E-state index in [0.717, 1.165) is 0 Å². The summed E-state index contributed by atoms with van der Waals surface area (Å²) in [5.74, 6) is -0.305. The Morgan fingerprint density at radius 2 is 1.78 bits per heavy atom. The summed E-state index contributed by atoms with van der Waals surface area (Å²) in [6.45, 7) is 0. The van der Waals surface area contributed by atoms with Crippen molar-refractivity contribution in [1.82, 2.24) is 4.98 Å². The van der Waals surface area contributed by atoms with Crippen molar-refractivity contribution in [2.45, 2.75) is 6.43 Å². The van der Waals surface area contributed by atoms with Gasteiger partial charge in [0.25, 0.3) is 6.43 Å². The maximum Gasteiger partial charge on any atom is 0.263 e. The third-order valence-corrected chi connectivity index (χ3v) is 2.83. The minimum absolute atomic E-state index is 0.179. The molecule has 2 rings (SSSR count). The van der Waals surface area contributed by atoms with Gasteiger partial charge in [-0.3, -0.25) is 9.78 Å². The molecule has 18 heavy (non-hydrogen) atoms. The van der Waals surface area contributed by atoms with E-state index < -0.39 is 6.43 Å². The van der Waals surface area contributed by atoms with Crippen LogP contribution in [0.3, 0.4) is 0 Å². The number of hydrogen-bond acceptors (Lipinski definition) is 2. The standard InChI is InChI=1S/C13H8BrF2NO/c14-11-6-9(5-10(7-11)13(15)16)12(18)8-1-3-17-4-2-8/h1-7,13H. The van der Waals surface area contributed by atoms with E-state index in [2.05, 4.69) is 20.9 Å². The van der Waals surface area contributed by atoms with Crippen LogP contribution in [-0.2, 0) is 0 Å². The molecule has 0 saturated heterocycles. The highest BCUT2D eigenvalue weighted by molar-refractivity contribution is 9.10. The first-order chi connectivity index (χ1) is 8.58. The molecule has 0 N–H and O–H groups in total. The Labute approximate surface area is 111 Å². The van der Waals surface area contributed by atoms with E-state index in [-0.39, 0.29) is 16.9 Å². The van der Waals surface area contributed by atoms with Crippen molar-refractivity contribution in [1.29, 1.82) is 0 Å². The van der Waals surface area contributed by atoms with Crippen LogP contribution in [-0.4, -0.2) is 10.8 Å². The van der Waals surface area contributed by atoms with Gasteiger partial charge in [0, 0.05) is 33.6 Å². The monoisotopic (exact) mass is 311 g/mol. The second-order valence-corrected chi connectivity index (χ2v) is 4.55. The van der Waals surface area contributed by atoms with E-state index in [9.17, 15) is 13.6 Å². The van der Waals surface area contributed by atoms with Gasteiger partial charge in [-0.15, -0.1) is 0 Å². The molecule has 1 aromatic carbocycles. The zero-order valence-corrected chi connectivity index (χ0v) is 10.7. The number of carbonyl (C=O) groups excluding carboxylic acids is 1. The molecule has 0 radical (unpaired) electrons. The number of carbonyl (C=O) groups is 1. The van der Waals surface area contributed by atoms with E-state index in [4.69, 9.17) is 0 Å². The Hall–Kier alpha value is -1.62. The summed E-state index contributed by atoms with van der Waals surface area (Å²) < 4.78 is 25.8. The quantitative estimate of drug-likeness (QED) is 0.802. The van der Waals surface area contributed by atoms with Crippen molar-refractivity contribution >= 4 is 21.7 Å². The van der Waals surface area contributed by atoms with Gasteiger partial charge in [-0.1, -0.05) is 15.9 Å². The lowest BCUT2D eigenvalue weighted by atomic mass is 10.0. The second kappa shape index (κ2) is 5.35. The smallest absolute Gasteiger partial charge is 0.263 e. The average molecular weight is 312 g/mol. The minimum Gasteiger partial charge on any atom is -0.289 e. The van der Waals surface area contributed by atoms with Gasteiger partial charge >= 0.3 is 0 Å². The molecule has 2 nitrogen and oxygen atoms in total. The molecule has 0 saturated carbocycles. The predicted molar refractivity (Wildman–Crippen MR) is 66.8 cm³/mol. The summed E-state index contributed by atoms with van der Waals surface area (Å²) >= 11 is 3.12. The first-order valence-electron chi connectivity index (χ1n) is 5.11. The van der Waals surface area contributed by atoms with Crippen molar-refractivity contribution in [3.8, 4) is 0 Å².